The van der Waals surface area contributed by atoms with Crippen LogP contribution in [0, 0.1) is 0 Å². The first-order valence-electron chi connectivity index (χ1n) is 4.99. The Hall–Kier alpha value is 0.310. The minimum atomic E-state index is 0. The van der Waals surface area contributed by atoms with Gasteiger partial charge in [0, 0.05) is 0 Å². The number of hydrogen-bond acceptors (Lipinski definition) is 2. The van der Waals surface area contributed by atoms with Crippen molar-refractivity contribution in [1.82, 2.24) is 6.15 Å². The highest BCUT2D eigenvalue weighted by molar-refractivity contribution is 7.99. The van der Waals surface area contributed by atoms with E-state index in [1.807, 2.05) is 0 Å². The molecular weight excluding hydrogens is 166 g/mol. The van der Waals surface area contributed by atoms with Gasteiger partial charge in [0.1, 0.15) is 0 Å². The summed E-state index contributed by atoms with van der Waals surface area (Å²) in [6, 6.07) is 0. The van der Waals surface area contributed by atoms with E-state index in [4.69, 9.17) is 0 Å². The van der Waals surface area contributed by atoms with Crippen molar-refractivity contribution in [3.8, 4) is 0 Å². The molecule has 0 radical (unpaired) electrons. The highest BCUT2D eigenvalue weighted by Crippen LogP contribution is 2.09. The minimum absolute atomic E-state index is 0. The molecule has 0 fully saturated rings. The van der Waals surface area contributed by atoms with E-state index in [-0.39, 0.29) is 6.15 Å². The molecule has 12 heavy (non-hydrogen) atoms. The van der Waals surface area contributed by atoms with E-state index in [2.05, 4.69) is 25.6 Å². The lowest BCUT2D eigenvalue weighted by molar-refractivity contribution is 0.768. The summed E-state index contributed by atoms with van der Waals surface area (Å²) in [5, 5.41) is 0. The highest BCUT2D eigenvalue weighted by Gasteiger charge is 1.88. The zero-order valence-electron chi connectivity index (χ0n) is 8.77. The van der Waals surface area contributed by atoms with E-state index in [1.54, 1.807) is 0 Å². The third-order valence-electron chi connectivity index (χ3n) is 1.78. The molecule has 0 aliphatic carbocycles. The van der Waals surface area contributed by atoms with E-state index in [0.717, 1.165) is 0 Å². The molecule has 0 bridgehead atoms. The lowest BCUT2D eigenvalue weighted by Crippen LogP contribution is -1.83. The Kier molecular flexibility index (Phi) is 17.1. The summed E-state index contributed by atoms with van der Waals surface area (Å²) in [6.45, 7) is 4.53. The standard InChI is InChI=1S/C10H22S.H3N/c1-3-5-7-9-11-10-8-6-4-2;/h3-10H2,1-2H3;1H3. The van der Waals surface area contributed by atoms with E-state index in [1.165, 1.54) is 50.0 Å². The molecule has 0 aliphatic heterocycles. The van der Waals surface area contributed by atoms with Crippen LogP contribution >= 0.6 is 11.8 Å². The third-order valence-corrected chi connectivity index (χ3v) is 2.94. The van der Waals surface area contributed by atoms with Crippen LogP contribution in [0.5, 0.6) is 0 Å². The van der Waals surface area contributed by atoms with Gasteiger partial charge in [-0.05, 0) is 24.3 Å². The van der Waals surface area contributed by atoms with Crippen LogP contribution in [0.2, 0.25) is 0 Å². The molecule has 0 aliphatic rings. The number of hydrogen-bond donors (Lipinski definition) is 1. The van der Waals surface area contributed by atoms with Crippen LogP contribution in [-0.2, 0) is 0 Å². The normalized spacial score (nSPS) is 9.50. The summed E-state index contributed by atoms with van der Waals surface area (Å²) < 4.78 is 0. The van der Waals surface area contributed by atoms with E-state index < -0.39 is 0 Å². The van der Waals surface area contributed by atoms with Gasteiger partial charge in [0.2, 0.25) is 0 Å². The molecule has 1 nitrogen and oxygen atoms in total. The second-order valence-corrected chi connectivity index (χ2v) is 4.25. The van der Waals surface area contributed by atoms with Crippen LogP contribution in [0.1, 0.15) is 52.4 Å². The lowest BCUT2D eigenvalue weighted by Gasteiger charge is -1.99. The van der Waals surface area contributed by atoms with Crippen LogP contribution in [0.3, 0.4) is 0 Å². The van der Waals surface area contributed by atoms with Crippen LogP contribution in [0.4, 0.5) is 0 Å². The van der Waals surface area contributed by atoms with Crippen molar-refractivity contribution in [3.63, 3.8) is 0 Å². The molecule has 0 spiro atoms. The SMILES string of the molecule is CCCCCSCCCCC.N. The molecule has 0 atom stereocenters. The van der Waals surface area contributed by atoms with Gasteiger partial charge >= 0.3 is 0 Å². The maximum absolute atomic E-state index is 2.27. The third kappa shape index (κ3) is 12.9. The molecule has 0 rings (SSSR count). The molecular formula is C10H25NS. The Morgan fingerprint density at radius 3 is 1.50 bits per heavy atom. The van der Waals surface area contributed by atoms with Crippen molar-refractivity contribution in [2.75, 3.05) is 11.5 Å². The monoisotopic (exact) mass is 191 g/mol. The lowest BCUT2D eigenvalue weighted by atomic mass is 10.3. The fourth-order valence-corrected chi connectivity index (χ4v) is 2.03. The smallest absolute Gasteiger partial charge is 0.00675 e. The second-order valence-electron chi connectivity index (χ2n) is 3.03. The van der Waals surface area contributed by atoms with Gasteiger partial charge in [-0.15, -0.1) is 0 Å². The number of unbranched alkanes of at least 4 members (excludes halogenated alkanes) is 4. The van der Waals surface area contributed by atoms with Gasteiger partial charge in [-0.2, -0.15) is 11.8 Å². The first-order chi connectivity index (χ1) is 5.41. The van der Waals surface area contributed by atoms with Crippen molar-refractivity contribution < 1.29 is 0 Å². The van der Waals surface area contributed by atoms with Crippen LogP contribution in [0.15, 0.2) is 0 Å². The van der Waals surface area contributed by atoms with Gasteiger partial charge in [-0.1, -0.05) is 39.5 Å². The van der Waals surface area contributed by atoms with E-state index >= 15 is 0 Å². The fourth-order valence-electron chi connectivity index (χ4n) is 1.01. The van der Waals surface area contributed by atoms with Gasteiger partial charge in [-0.25, -0.2) is 0 Å². The zero-order chi connectivity index (χ0) is 8.36. The highest BCUT2D eigenvalue weighted by atomic mass is 32.2. The molecule has 76 valence electrons. The van der Waals surface area contributed by atoms with Gasteiger partial charge in [0.05, 0.1) is 0 Å². The average Bonchev–Trinajstić information content (AvgIpc) is 2.03. The Morgan fingerprint density at radius 2 is 1.17 bits per heavy atom. The Morgan fingerprint density at radius 1 is 0.750 bits per heavy atom. The molecule has 0 saturated carbocycles. The molecule has 0 saturated heterocycles. The van der Waals surface area contributed by atoms with Crippen molar-refractivity contribution in [1.29, 1.82) is 0 Å². The van der Waals surface area contributed by atoms with Crippen LogP contribution in [-0.4, -0.2) is 11.5 Å². The second kappa shape index (κ2) is 13.9. The Bertz CT molecular complexity index is 58.9. The van der Waals surface area contributed by atoms with Crippen LogP contribution < -0.4 is 6.15 Å². The first kappa shape index (κ1) is 14.8. The molecule has 0 aromatic heterocycles. The molecule has 0 aromatic rings. The summed E-state index contributed by atoms with van der Waals surface area (Å²) in [5.41, 5.74) is 0. The van der Waals surface area contributed by atoms with Crippen LogP contribution in [0.25, 0.3) is 0 Å². The number of rotatable bonds is 8. The topological polar surface area (TPSA) is 35.0 Å². The summed E-state index contributed by atoms with van der Waals surface area (Å²) >= 11 is 2.13. The predicted octanol–water partition coefficient (Wildman–Crippen LogP) is 4.26. The fraction of sp³-hybridized carbons (Fsp3) is 1.00. The Balaban J connectivity index is 0. The maximum Gasteiger partial charge on any atom is -0.00675 e. The van der Waals surface area contributed by atoms with Crippen molar-refractivity contribution in [3.05, 3.63) is 0 Å². The molecule has 0 aromatic carbocycles. The van der Waals surface area contributed by atoms with Gasteiger partial charge in [-0.3, -0.25) is 0 Å². The number of thioether (sulfide) groups is 1. The molecule has 0 unspecified atom stereocenters. The van der Waals surface area contributed by atoms with E-state index in [0.29, 0.717) is 0 Å². The maximum atomic E-state index is 2.27. The summed E-state index contributed by atoms with van der Waals surface area (Å²) in [5.74, 6) is 2.77. The van der Waals surface area contributed by atoms with Gasteiger partial charge in [0.25, 0.3) is 0 Å². The minimum Gasteiger partial charge on any atom is -0.344 e. The molecule has 3 N–H and O–H groups in total. The quantitative estimate of drug-likeness (QED) is 0.582. The molecule has 0 heterocycles. The first-order valence-corrected chi connectivity index (χ1v) is 6.15. The van der Waals surface area contributed by atoms with Crippen molar-refractivity contribution >= 4 is 11.8 Å². The predicted molar refractivity (Wildman–Crippen MR) is 61.4 cm³/mol. The average molecular weight is 191 g/mol. The van der Waals surface area contributed by atoms with Crippen molar-refractivity contribution in [2.24, 2.45) is 0 Å². The zero-order valence-corrected chi connectivity index (χ0v) is 9.59. The molecule has 0 amide bonds. The van der Waals surface area contributed by atoms with Crippen molar-refractivity contribution in [2.45, 2.75) is 52.4 Å². The summed E-state index contributed by atoms with van der Waals surface area (Å²) in [7, 11) is 0. The van der Waals surface area contributed by atoms with Gasteiger partial charge < -0.3 is 6.15 Å². The van der Waals surface area contributed by atoms with Gasteiger partial charge in [0.15, 0.2) is 0 Å². The summed E-state index contributed by atoms with van der Waals surface area (Å²) in [6.07, 6.45) is 8.40. The molecule has 2 heteroatoms. The summed E-state index contributed by atoms with van der Waals surface area (Å²) in [4.78, 5) is 0. The Labute approximate surface area is 82.3 Å². The largest absolute Gasteiger partial charge is 0.344 e. The van der Waals surface area contributed by atoms with E-state index in [9.17, 15) is 0 Å².